The number of para-hydroxylation sites is 1. The van der Waals surface area contributed by atoms with E-state index in [1.54, 1.807) is 19.1 Å². The third-order valence-corrected chi connectivity index (χ3v) is 2.67. The molecule has 6 nitrogen and oxygen atoms in total. The van der Waals surface area contributed by atoms with Crippen LogP contribution >= 0.6 is 15.9 Å². The number of carbonyl (C=O) groups is 1. The van der Waals surface area contributed by atoms with Crippen molar-refractivity contribution in [1.29, 1.82) is 0 Å². The number of azo groups is 1. The number of aromatic hydroxyl groups is 1. The molecular weight excluding hydrogens is 316 g/mol. The number of aliphatic hydroxyl groups is 1. The molecule has 0 aliphatic carbocycles. The topological polar surface area (TPSA) is 91.5 Å². The molecule has 0 bridgehead atoms. The number of benzene rings is 1. The van der Waals surface area contributed by atoms with E-state index in [2.05, 4.69) is 26.2 Å². The first kappa shape index (κ1) is 15.2. The van der Waals surface area contributed by atoms with Crippen LogP contribution in [-0.4, -0.2) is 22.8 Å². The molecule has 0 spiro atoms. The lowest BCUT2D eigenvalue weighted by Gasteiger charge is -2.03. The third-order valence-electron chi connectivity index (χ3n) is 2.03. The molecule has 0 aliphatic rings. The van der Waals surface area contributed by atoms with E-state index < -0.39 is 5.97 Å². The molecule has 1 rings (SSSR count). The van der Waals surface area contributed by atoms with Gasteiger partial charge < -0.3 is 14.9 Å². The zero-order valence-corrected chi connectivity index (χ0v) is 12.0. The Hall–Kier alpha value is -1.89. The van der Waals surface area contributed by atoms with Crippen LogP contribution in [-0.2, 0) is 9.53 Å². The van der Waals surface area contributed by atoms with Crippen LogP contribution in [0.25, 0.3) is 0 Å². The minimum absolute atomic E-state index is 0.106. The first-order valence-corrected chi connectivity index (χ1v) is 6.22. The van der Waals surface area contributed by atoms with Gasteiger partial charge in [0.1, 0.15) is 11.4 Å². The van der Waals surface area contributed by atoms with Gasteiger partial charge in [0.2, 0.25) is 5.70 Å². The predicted molar refractivity (Wildman–Crippen MR) is 72.3 cm³/mol. The van der Waals surface area contributed by atoms with Crippen molar-refractivity contribution in [2.75, 3.05) is 6.61 Å². The van der Waals surface area contributed by atoms with Crippen LogP contribution in [0.5, 0.6) is 5.75 Å². The molecule has 7 heteroatoms. The summed E-state index contributed by atoms with van der Waals surface area (Å²) in [6.45, 7) is 3.10. The van der Waals surface area contributed by atoms with Gasteiger partial charge in [-0.1, -0.05) is 6.07 Å². The maximum atomic E-state index is 11.5. The molecule has 0 saturated heterocycles. The summed E-state index contributed by atoms with van der Waals surface area (Å²) in [5.41, 5.74) is -0.140. The van der Waals surface area contributed by atoms with Crippen LogP contribution in [0.3, 0.4) is 0 Å². The fourth-order valence-electron chi connectivity index (χ4n) is 1.15. The van der Waals surface area contributed by atoms with Crippen LogP contribution in [0, 0.1) is 0 Å². The summed E-state index contributed by atoms with van der Waals surface area (Å²) in [6, 6.07) is 4.80. The first-order valence-electron chi connectivity index (χ1n) is 5.43. The predicted octanol–water partition coefficient (Wildman–Crippen LogP) is 3.59. The number of hydrogen-bond acceptors (Lipinski definition) is 6. The van der Waals surface area contributed by atoms with Gasteiger partial charge in [-0.05, 0) is 41.9 Å². The monoisotopic (exact) mass is 328 g/mol. The number of phenolic OH excluding ortho intramolecular Hbond substituents is 1. The van der Waals surface area contributed by atoms with Gasteiger partial charge in [-0.3, -0.25) is 0 Å². The van der Waals surface area contributed by atoms with Crippen LogP contribution in [0.2, 0.25) is 0 Å². The van der Waals surface area contributed by atoms with Crippen molar-refractivity contribution in [2.24, 2.45) is 10.2 Å². The molecule has 0 unspecified atom stereocenters. The van der Waals surface area contributed by atoms with Crippen LogP contribution < -0.4 is 0 Å². The van der Waals surface area contributed by atoms with Crippen molar-refractivity contribution >= 4 is 27.6 Å². The van der Waals surface area contributed by atoms with Crippen LogP contribution in [0.1, 0.15) is 13.8 Å². The second-order valence-corrected chi connectivity index (χ2v) is 4.32. The molecule has 0 aliphatic heterocycles. The molecule has 0 amide bonds. The highest BCUT2D eigenvalue weighted by atomic mass is 79.9. The Bertz CT molecular complexity index is 537. The highest BCUT2D eigenvalue weighted by Crippen LogP contribution is 2.34. The number of aliphatic hydroxyl groups excluding tert-OH is 1. The Balaban J connectivity index is 3.04. The van der Waals surface area contributed by atoms with Crippen molar-refractivity contribution in [2.45, 2.75) is 13.8 Å². The largest absolute Gasteiger partial charge is 0.510 e. The van der Waals surface area contributed by atoms with E-state index in [0.717, 1.165) is 0 Å². The summed E-state index contributed by atoms with van der Waals surface area (Å²) < 4.78 is 5.18. The Labute approximate surface area is 118 Å². The van der Waals surface area contributed by atoms with E-state index in [4.69, 9.17) is 4.74 Å². The summed E-state index contributed by atoms with van der Waals surface area (Å²) in [4.78, 5) is 11.5. The Morgan fingerprint density at radius 1 is 1.47 bits per heavy atom. The molecular formula is C12H13BrN2O4. The minimum Gasteiger partial charge on any atom is -0.510 e. The number of hydrogen-bond donors (Lipinski definition) is 2. The molecule has 0 atom stereocenters. The Kier molecular flexibility index (Phi) is 5.50. The van der Waals surface area contributed by atoms with Gasteiger partial charge in [0, 0.05) is 0 Å². The quantitative estimate of drug-likeness (QED) is 0.382. The number of allylic oxidation sites excluding steroid dienone is 1. The highest BCUT2D eigenvalue weighted by Gasteiger charge is 2.14. The fraction of sp³-hybridized carbons (Fsp3) is 0.250. The second kappa shape index (κ2) is 6.89. The van der Waals surface area contributed by atoms with E-state index in [0.29, 0.717) is 4.47 Å². The fourth-order valence-corrected chi connectivity index (χ4v) is 1.50. The first-order chi connectivity index (χ1) is 8.97. The molecule has 2 N–H and O–H groups in total. The summed E-state index contributed by atoms with van der Waals surface area (Å²) in [5, 5.41) is 26.4. The number of rotatable bonds is 4. The zero-order valence-electron chi connectivity index (χ0n) is 10.4. The normalized spacial score (nSPS) is 12.4. The number of esters is 1. The average Bonchev–Trinajstić information content (AvgIpc) is 2.34. The number of halogens is 1. The lowest BCUT2D eigenvalue weighted by Crippen LogP contribution is -2.07. The minimum atomic E-state index is -0.777. The smallest absolute Gasteiger partial charge is 0.362 e. The van der Waals surface area contributed by atoms with Crippen molar-refractivity contribution in [3.8, 4) is 5.75 Å². The van der Waals surface area contributed by atoms with Crippen molar-refractivity contribution < 1.29 is 19.7 Å². The molecule has 0 radical (unpaired) electrons. The molecule has 1 aromatic carbocycles. The highest BCUT2D eigenvalue weighted by molar-refractivity contribution is 9.10. The van der Waals surface area contributed by atoms with Gasteiger partial charge in [-0.25, -0.2) is 4.79 Å². The maximum absolute atomic E-state index is 11.5. The number of phenols is 1. The van der Waals surface area contributed by atoms with Crippen molar-refractivity contribution in [3.05, 3.63) is 34.1 Å². The average molecular weight is 329 g/mol. The van der Waals surface area contributed by atoms with E-state index >= 15 is 0 Å². The van der Waals surface area contributed by atoms with E-state index in [1.807, 2.05) is 0 Å². The van der Waals surface area contributed by atoms with Gasteiger partial charge in [0.15, 0.2) is 5.75 Å². The SMILES string of the molecule is CCOC(=O)/C(N=Nc1cccc(Br)c1O)=C(\C)O. The van der Waals surface area contributed by atoms with Gasteiger partial charge in [0.05, 0.1) is 11.1 Å². The Morgan fingerprint density at radius 2 is 2.16 bits per heavy atom. The third kappa shape index (κ3) is 4.06. The lowest BCUT2D eigenvalue weighted by molar-refractivity contribution is -0.138. The van der Waals surface area contributed by atoms with Gasteiger partial charge in [-0.15, -0.1) is 10.2 Å². The summed E-state index contributed by atoms with van der Waals surface area (Å²) in [5.74, 6) is -1.19. The second-order valence-electron chi connectivity index (χ2n) is 3.46. The lowest BCUT2D eigenvalue weighted by atomic mass is 10.3. The summed E-state index contributed by atoms with van der Waals surface area (Å²) in [7, 11) is 0. The number of ether oxygens (including phenoxy) is 1. The standard InChI is InChI=1S/C12H13BrN2O4/c1-3-19-12(18)10(7(2)16)15-14-9-6-4-5-8(13)11(9)17/h4-6,16-17H,3H2,1-2H3/b10-7-,15-14?. The zero-order chi connectivity index (χ0) is 14.4. The molecule has 0 aromatic heterocycles. The summed E-state index contributed by atoms with van der Waals surface area (Å²) >= 11 is 3.13. The van der Waals surface area contributed by atoms with Gasteiger partial charge in [0.25, 0.3) is 0 Å². The molecule has 19 heavy (non-hydrogen) atoms. The van der Waals surface area contributed by atoms with Crippen molar-refractivity contribution in [1.82, 2.24) is 0 Å². The molecule has 0 fully saturated rings. The van der Waals surface area contributed by atoms with Gasteiger partial charge in [-0.2, -0.15) is 0 Å². The summed E-state index contributed by atoms with van der Waals surface area (Å²) in [6.07, 6.45) is 0. The maximum Gasteiger partial charge on any atom is 0.362 e. The van der Waals surface area contributed by atoms with Crippen molar-refractivity contribution in [3.63, 3.8) is 0 Å². The van der Waals surface area contributed by atoms with Gasteiger partial charge >= 0.3 is 5.97 Å². The number of carbonyl (C=O) groups excluding carboxylic acids is 1. The van der Waals surface area contributed by atoms with Crippen LogP contribution in [0.15, 0.2) is 44.4 Å². The molecule has 0 saturated carbocycles. The molecule has 102 valence electrons. The molecule has 0 heterocycles. The van der Waals surface area contributed by atoms with E-state index in [1.165, 1.54) is 13.0 Å². The Morgan fingerprint density at radius 3 is 2.74 bits per heavy atom. The molecule has 1 aromatic rings. The number of nitrogens with zero attached hydrogens (tertiary/aromatic N) is 2. The van der Waals surface area contributed by atoms with E-state index in [9.17, 15) is 15.0 Å². The van der Waals surface area contributed by atoms with Crippen LogP contribution in [0.4, 0.5) is 5.69 Å². The van der Waals surface area contributed by atoms with E-state index in [-0.39, 0.29) is 29.5 Å².